The van der Waals surface area contributed by atoms with Gasteiger partial charge < -0.3 is 19.5 Å². The van der Waals surface area contributed by atoms with E-state index in [0.717, 1.165) is 19.1 Å². The summed E-state index contributed by atoms with van der Waals surface area (Å²) in [6, 6.07) is 0.571. The molecule has 2 atom stereocenters. The Morgan fingerprint density at radius 3 is 2.17 bits per heavy atom. The van der Waals surface area contributed by atoms with Crippen LogP contribution < -0.4 is 5.32 Å². The standard InChI is InChI=1S/C14H31NO3/c1-5-13(2)12-14(3)15-6-7-17-10-11-18-9-8-16-4/h13-15H,5-12H2,1-4H3. The Kier molecular flexibility index (Phi) is 13.2. The molecule has 0 amide bonds. The average molecular weight is 261 g/mol. The molecule has 0 spiro atoms. The van der Waals surface area contributed by atoms with Gasteiger partial charge >= 0.3 is 0 Å². The highest BCUT2D eigenvalue weighted by atomic mass is 16.5. The quantitative estimate of drug-likeness (QED) is 0.515. The van der Waals surface area contributed by atoms with Gasteiger partial charge in [0.25, 0.3) is 0 Å². The van der Waals surface area contributed by atoms with E-state index >= 15 is 0 Å². The van der Waals surface area contributed by atoms with E-state index in [9.17, 15) is 0 Å². The number of hydrogen-bond donors (Lipinski definition) is 1. The molecule has 4 heteroatoms. The lowest BCUT2D eigenvalue weighted by Crippen LogP contribution is -2.31. The minimum atomic E-state index is 0.571. The van der Waals surface area contributed by atoms with E-state index in [0.29, 0.717) is 32.5 Å². The topological polar surface area (TPSA) is 39.7 Å². The van der Waals surface area contributed by atoms with Crippen LogP contribution in [0.2, 0.25) is 0 Å². The Bertz CT molecular complexity index is 167. The number of hydrogen-bond acceptors (Lipinski definition) is 4. The van der Waals surface area contributed by atoms with Crippen molar-refractivity contribution >= 4 is 0 Å². The third kappa shape index (κ3) is 12.3. The molecule has 0 aromatic rings. The van der Waals surface area contributed by atoms with Crippen molar-refractivity contribution in [3.63, 3.8) is 0 Å². The molecule has 0 rings (SSSR count). The Balaban J connectivity index is 3.15. The number of rotatable bonds is 13. The molecule has 110 valence electrons. The molecule has 0 bridgehead atoms. The largest absolute Gasteiger partial charge is 0.382 e. The molecule has 0 aromatic heterocycles. The highest BCUT2D eigenvalue weighted by Gasteiger charge is 2.05. The van der Waals surface area contributed by atoms with Crippen LogP contribution in [0.5, 0.6) is 0 Å². The van der Waals surface area contributed by atoms with Crippen LogP contribution in [0.1, 0.15) is 33.6 Å². The zero-order chi connectivity index (χ0) is 13.6. The van der Waals surface area contributed by atoms with Crippen LogP contribution in [0, 0.1) is 5.92 Å². The Morgan fingerprint density at radius 2 is 1.56 bits per heavy atom. The lowest BCUT2D eigenvalue weighted by molar-refractivity contribution is 0.0252. The minimum Gasteiger partial charge on any atom is -0.382 e. The fraction of sp³-hybridized carbons (Fsp3) is 1.00. The van der Waals surface area contributed by atoms with Crippen molar-refractivity contribution in [3.8, 4) is 0 Å². The molecule has 0 radical (unpaired) electrons. The van der Waals surface area contributed by atoms with Crippen LogP contribution in [-0.4, -0.2) is 52.7 Å². The SMILES string of the molecule is CCC(C)CC(C)NCCOCCOCCOC. The van der Waals surface area contributed by atoms with Crippen molar-refractivity contribution in [3.05, 3.63) is 0 Å². The first-order valence-electron chi connectivity index (χ1n) is 7.08. The molecule has 0 saturated heterocycles. The molecule has 0 aromatic carbocycles. The summed E-state index contributed by atoms with van der Waals surface area (Å²) in [4.78, 5) is 0. The van der Waals surface area contributed by atoms with Crippen LogP contribution >= 0.6 is 0 Å². The molecule has 0 aliphatic carbocycles. The Labute approximate surface area is 112 Å². The maximum absolute atomic E-state index is 5.47. The first-order chi connectivity index (χ1) is 8.70. The highest BCUT2D eigenvalue weighted by Crippen LogP contribution is 2.08. The maximum atomic E-state index is 5.47. The first-order valence-corrected chi connectivity index (χ1v) is 7.08. The third-order valence-electron chi connectivity index (χ3n) is 3.00. The summed E-state index contributed by atoms with van der Waals surface area (Å²) in [7, 11) is 1.67. The second-order valence-corrected chi connectivity index (χ2v) is 4.82. The average Bonchev–Trinajstić information content (AvgIpc) is 2.36. The predicted octanol–water partition coefficient (Wildman–Crippen LogP) is 2.08. The van der Waals surface area contributed by atoms with Gasteiger partial charge in [-0.15, -0.1) is 0 Å². The van der Waals surface area contributed by atoms with Gasteiger partial charge in [-0.3, -0.25) is 0 Å². The molecular weight excluding hydrogens is 230 g/mol. The summed E-state index contributed by atoms with van der Waals surface area (Å²) >= 11 is 0. The van der Waals surface area contributed by atoms with E-state index in [1.807, 2.05) is 0 Å². The van der Waals surface area contributed by atoms with Crippen molar-refractivity contribution in [2.24, 2.45) is 5.92 Å². The van der Waals surface area contributed by atoms with Crippen molar-refractivity contribution in [1.82, 2.24) is 5.32 Å². The fourth-order valence-corrected chi connectivity index (χ4v) is 1.70. The van der Waals surface area contributed by atoms with Gasteiger partial charge in [-0.1, -0.05) is 20.3 Å². The zero-order valence-electron chi connectivity index (χ0n) is 12.5. The third-order valence-corrected chi connectivity index (χ3v) is 3.00. The molecular formula is C14H31NO3. The zero-order valence-corrected chi connectivity index (χ0v) is 12.5. The van der Waals surface area contributed by atoms with E-state index in [1.165, 1.54) is 12.8 Å². The van der Waals surface area contributed by atoms with Crippen LogP contribution in [0.4, 0.5) is 0 Å². The number of ether oxygens (including phenoxy) is 3. The Hall–Kier alpha value is -0.160. The molecule has 4 nitrogen and oxygen atoms in total. The van der Waals surface area contributed by atoms with Crippen LogP contribution in [0.25, 0.3) is 0 Å². The van der Waals surface area contributed by atoms with E-state index < -0.39 is 0 Å². The van der Waals surface area contributed by atoms with Crippen LogP contribution in [0.15, 0.2) is 0 Å². The van der Waals surface area contributed by atoms with Gasteiger partial charge in [0.15, 0.2) is 0 Å². The van der Waals surface area contributed by atoms with Gasteiger partial charge in [-0.05, 0) is 19.3 Å². The number of methoxy groups -OCH3 is 1. The molecule has 0 saturated carbocycles. The molecule has 0 heterocycles. The van der Waals surface area contributed by atoms with Gasteiger partial charge in [-0.25, -0.2) is 0 Å². The van der Waals surface area contributed by atoms with E-state index in [2.05, 4.69) is 26.1 Å². The van der Waals surface area contributed by atoms with Crippen molar-refractivity contribution in [2.45, 2.75) is 39.7 Å². The second-order valence-electron chi connectivity index (χ2n) is 4.82. The molecule has 2 unspecified atom stereocenters. The molecule has 0 aliphatic heterocycles. The molecule has 18 heavy (non-hydrogen) atoms. The normalized spacial score (nSPS) is 14.7. The van der Waals surface area contributed by atoms with Gasteiger partial charge in [0.1, 0.15) is 0 Å². The van der Waals surface area contributed by atoms with Crippen LogP contribution in [0.3, 0.4) is 0 Å². The summed E-state index contributed by atoms with van der Waals surface area (Å²) in [5, 5.41) is 3.47. The van der Waals surface area contributed by atoms with E-state index in [4.69, 9.17) is 14.2 Å². The van der Waals surface area contributed by atoms with Crippen molar-refractivity contribution < 1.29 is 14.2 Å². The van der Waals surface area contributed by atoms with Gasteiger partial charge in [0.05, 0.1) is 33.0 Å². The van der Waals surface area contributed by atoms with E-state index in [-0.39, 0.29) is 0 Å². The Morgan fingerprint density at radius 1 is 0.944 bits per heavy atom. The predicted molar refractivity (Wildman–Crippen MR) is 75.1 cm³/mol. The highest BCUT2D eigenvalue weighted by molar-refractivity contribution is 4.63. The fourth-order valence-electron chi connectivity index (χ4n) is 1.70. The number of nitrogens with one attached hydrogen (secondary N) is 1. The lowest BCUT2D eigenvalue weighted by atomic mass is 10.0. The van der Waals surface area contributed by atoms with Crippen LogP contribution in [-0.2, 0) is 14.2 Å². The summed E-state index contributed by atoms with van der Waals surface area (Å²) < 4.78 is 15.6. The summed E-state index contributed by atoms with van der Waals surface area (Å²) in [6.45, 7) is 11.0. The smallest absolute Gasteiger partial charge is 0.0701 e. The summed E-state index contributed by atoms with van der Waals surface area (Å²) in [6.07, 6.45) is 2.48. The van der Waals surface area contributed by atoms with Gasteiger partial charge in [-0.2, -0.15) is 0 Å². The lowest BCUT2D eigenvalue weighted by Gasteiger charge is -2.17. The first kappa shape index (κ1) is 17.8. The van der Waals surface area contributed by atoms with Gasteiger partial charge in [0, 0.05) is 19.7 Å². The van der Waals surface area contributed by atoms with Gasteiger partial charge in [0.2, 0.25) is 0 Å². The van der Waals surface area contributed by atoms with E-state index in [1.54, 1.807) is 7.11 Å². The van der Waals surface area contributed by atoms with Crippen molar-refractivity contribution in [1.29, 1.82) is 0 Å². The minimum absolute atomic E-state index is 0.571. The maximum Gasteiger partial charge on any atom is 0.0701 e. The monoisotopic (exact) mass is 261 g/mol. The second kappa shape index (κ2) is 13.3. The molecule has 0 aliphatic rings. The summed E-state index contributed by atoms with van der Waals surface area (Å²) in [5.41, 5.74) is 0. The molecule has 1 N–H and O–H groups in total. The summed E-state index contributed by atoms with van der Waals surface area (Å²) in [5.74, 6) is 0.794. The molecule has 0 fully saturated rings. The van der Waals surface area contributed by atoms with Crippen molar-refractivity contribution in [2.75, 3.05) is 46.7 Å².